The molecule has 1 atom stereocenters. The first-order chi connectivity index (χ1) is 12.0. The zero-order chi connectivity index (χ0) is 18.7. The lowest BCUT2D eigenvalue weighted by atomic mass is 10.1. The van der Waals surface area contributed by atoms with Gasteiger partial charge in [-0.25, -0.2) is 0 Å². The number of likely N-dealkylation sites (N-methyl/N-ethyl adjacent to an activating group) is 1. The van der Waals surface area contributed by atoms with E-state index in [9.17, 15) is 0 Å². The fourth-order valence-electron chi connectivity index (χ4n) is 2.46. The Kier molecular flexibility index (Phi) is 13.3. The molecule has 1 rings (SSSR count). The van der Waals surface area contributed by atoms with Gasteiger partial charge in [-0.2, -0.15) is 0 Å². The van der Waals surface area contributed by atoms with E-state index in [1.54, 1.807) is 21.3 Å². The van der Waals surface area contributed by atoms with Gasteiger partial charge in [0.05, 0.1) is 14.2 Å². The molecular formula is C19H35IN4O2. The van der Waals surface area contributed by atoms with Crippen molar-refractivity contribution < 1.29 is 9.47 Å². The lowest BCUT2D eigenvalue weighted by Crippen LogP contribution is -2.42. The zero-order valence-electron chi connectivity index (χ0n) is 17.0. The van der Waals surface area contributed by atoms with E-state index in [1.165, 1.54) is 5.56 Å². The van der Waals surface area contributed by atoms with E-state index >= 15 is 0 Å². The summed E-state index contributed by atoms with van der Waals surface area (Å²) in [6.07, 6.45) is 2.04. The Morgan fingerprint density at radius 2 is 1.81 bits per heavy atom. The van der Waals surface area contributed by atoms with E-state index in [2.05, 4.69) is 47.5 Å². The molecule has 0 aromatic heterocycles. The van der Waals surface area contributed by atoms with Crippen molar-refractivity contribution in [2.75, 3.05) is 47.9 Å². The summed E-state index contributed by atoms with van der Waals surface area (Å²) in [6.45, 7) is 7.12. The van der Waals surface area contributed by atoms with Crippen molar-refractivity contribution in [2.24, 2.45) is 4.99 Å². The van der Waals surface area contributed by atoms with Gasteiger partial charge < -0.3 is 25.0 Å². The predicted molar refractivity (Wildman–Crippen MR) is 120 cm³/mol. The summed E-state index contributed by atoms with van der Waals surface area (Å²) in [4.78, 5) is 6.62. The number of halogens is 1. The van der Waals surface area contributed by atoms with Gasteiger partial charge in [0.1, 0.15) is 0 Å². The molecule has 0 aliphatic rings. The Bertz CT molecular complexity index is 540. The third-order valence-corrected chi connectivity index (χ3v) is 4.48. The topological polar surface area (TPSA) is 58.1 Å². The van der Waals surface area contributed by atoms with Crippen LogP contribution >= 0.6 is 24.0 Å². The van der Waals surface area contributed by atoms with Gasteiger partial charge in [-0.15, -0.1) is 24.0 Å². The summed E-state index contributed by atoms with van der Waals surface area (Å²) in [5.41, 5.74) is 1.19. The molecule has 0 amide bonds. The summed E-state index contributed by atoms with van der Waals surface area (Å²) < 4.78 is 10.6. The van der Waals surface area contributed by atoms with Crippen molar-refractivity contribution in [3.05, 3.63) is 23.8 Å². The SMILES string of the molecule is CCC(C)N(C)CCNC(=NC)NCCc1ccc(OC)c(OC)c1.I. The first kappa shape index (κ1) is 24.8. The van der Waals surface area contributed by atoms with Gasteiger partial charge in [0.25, 0.3) is 0 Å². The molecule has 26 heavy (non-hydrogen) atoms. The minimum atomic E-state index is 0. The van der Waals surface area contributed by atoms with Crippen LogP contribution in [-0.2, 0) is 6.42 Å². The van der Waals surface area contributed by atoms with Gasteiger partial charge in [-0.3, -0.25) is 4.99 Å². The second kappa shape index (κ2) is 13.9. The second-order valence-corrected chi connectivity index (χ2v) is 6.10. The molecule has 6 nitrogen and oxygen atoms in total. The maximum absolute atomic E-state index is 5.34. The van der Waals surface area contributed by atoms with E-state index in [1.807, 2.05) is 12.1 Å². The van der Waals surface area contributed by atoms with Crippen LogP contribution in [0.4, 0.5) is 0 Å². The predicted octanol–water partition coefficient (Wildman–Crippen LogP) is 2.76. The molecule has 0 spiro atoms. The number of aliphatic imine (C=N–C) groups is 1. The third-order valence-electron chi connectivity index (χ3n) is 4.48. The summed E-state index contributed by atoms with van der Waals surface area (Å²) in [5.74, 6) is 2.34. The highest BCUT2D eigenvalue weighted by atomic mass is 127. The Morgan fingerprint density at radius 3 is 2.38 bits per heavy atom. The van der Waals surface area contributed by atoms with Crippen molar-refractivity contribution >= 4 is 29.9 Å². The summed E-state index contributed by atoms with van der Waals surface area (Å²) in [6, 6.07) is 6.60. The van der Waals surface area contributed by atoms with Crippen LogP contribution < -0.4 is 20.1 Å². The molecule has 0 bridgehead atoms. The molecular weight excluding hydrogens is 443 g/mol. The van der Waals surface area contributed by atoms with E-state index in [0.29, 0.717) is 6.04 Å². The largest absolute Gasteiger partial charge is 0.493 e. The van der Waals surface area contributed by atoms with Crippen molar-refractivity contribution in [2.45, 2.75) is 32.7 Å². The van der Waals surface area contributed by atoms with Crippen LogP contribution in [0.3, 0.4) is 0 Å². The van der Waals surface area contributed by atoms with Crippen LogP contribution in [-0.4, -0.2) is 64.9 Å². The maximum atomic E-state index is 5.34. The molecule has 0 saturated heterocycles. The molecule has 1 unspecified atom stereocenters. The number of ether oxygens (including phenoxy) is 2. The molecule has 1 aromatic carbocycles. The minimum absolute atomic E-state index is 0. The Balaban J connectivity index is 0.00000625. The Hall–Kier alpha value is -1.22. The van der Waals surface area contributed by atoms with Crippen molar-refractivity contribution in [1.29, 1.82) is 0 Å². The van der Waals surface area contributed by atoms with Gasteiger partial charge in [0.2, 0.25) is 0 Å². The number of hydrogen-bond donors (Lipinski definition) is 2. The molecule has 150 valence electrons. The average Bonchev–Trinajstić information content (AvgIpc) is 2.65. The first-order valence-corrected chi connectivity index (χ1v) is 8.91. The number of nitrogens with zero attached hydrogens (tertiary/aromatic N) is 2. The number of rotatable bonds is 10. The second-order valence-electron chi connectivity index (χ2n) is 6.10. The van der Waals surface area contributed by atoms with Gasteiger partial charge in [0, 0.05) is 32.7 Å². The summed E-state index contributed by atoms with van der Waals surface area (Å²) in [7, 11) is 7.25. The van der Waals surface area contributed by atoms with Gasteiger partial charge >= 0.3 is 0 Å². The maximum Gasteiger partial charge on any atom is 0.191 e. The van der Waals surface area contributed by atoms with Crippen molar-refractivity contribution in [3.63, 3.8) is 0 Å². The van der Waals surface area contributed by atoms with Crippen LogP contribution in [0.25, 0.3) is 0 Å². The molecule has 0 radical (unpaired) electrons. The van der Waals surface area contributed by atoms with E-state index in [-0.39, 0.29) is 24.0 Å². The van der Waals surface area contributed by atoms with Crippen LogP contribution in [0.2, 0.25) is 0 Å². The summed E-state index contributed by atoms with van der Waals surface area (Å²) >= 11 is 0. The normalized spacial score (nSPS) is 12.3. The highest BCUT2D eigenvalue weighted by molar-refractivity contribution is 14.0. The number of benzene rings is 1. The van der Waals surface area contributed by atoms with Crippen molar-refractivity contribution in [3.8, 4) is 11.5 Å². The smallest absolute Gasteiger partial charge is 0.191 e. The standard InChI is InChI=1S/C19H34N4O2.HI/c1-7-15(2)23(4)13-12-22-19(20-3)21-11-10-16-8-9-17(24-5)18(14-16)25-6;/h8-9,14-15H,7,10-13H2,1-6H3,(H2,20,21,22);1H. The average molecular weight is 478 g/mol. The number of methoxy groups -OCH3 is 2. The molecule has 0 aliphatic heterocycles. The Morgan fingerprint density at radius 1 is 1.15 bits per heavy atom. The van der Waals surface area contributed by atoms with Crippen LogP contribution in [0, 0.1) is 0 Å². The quantitative estimate of drug-likeness (QED) is 0.308. The Labute approximate surface area is 175 Å². The zero-order valence-corrected chi connectivity index (χ0v) is 19.3. The summed E-state index contributed by atoms with van der Waals surface area (Å²) in [5, 5.41) is 6.71. The van der Waals surface area contributed by atoms with Crippen LogP contribution in [0.1, 0.15) is 25.8 Å². The van der Waals surface area contributed by atoms with Crippen molar-refractivity contribution in [1.82, 2.24) is 15.5 Å². The number of guanidine groups is 1. The van der Waals surface area contributed by atoms with Gasteiger partial charge in [0.15, 0.2) is 17.5 Å². The van der Waals surface area contributed by atoms with E-state index in [0.717, 1.165) is 49.9 Å². The fourth-order valence-corrected chi connectivity index (χ4v) is 2.46. The molecule has 0 heterocycles. The molecule has 0 fully saturated rings. The van der Waals surface area contributed by atoms with Gasteiger partial charge in [-0.05, 0) is 44.5 Å². The van der Waals surface area contributed by atoms with Crippen LogP contribution in [0.15, 0.2) is 23.2 Å². The minimum Gasteiger partial charge on any atom is -0.493 e. The number of nitrogens with one attached hydrogen (secondary N) is 2. The lowest BCUT2D eigenvalue weighted by Gasteiger charge is -2.24. The van der Waals surface area contributed by atoms with E-state index < -0.39 is 0 Å². The lowest BCUT2D eigenvalue weighted by molar-refractivity contribution is 0.255. The third kappa shape index (κ3) is 8.44. The first-order valence-electron chi connectivity index (χ1n) is 8.91. The molecule has 7 heteroatoms. The number of hydrogen-bond acceptors (Lipinski definition) is 4. The highest BCUT2D eigenvalue weighted by Crippen LogP contribution is 2.27. The van der Waals surface area contributed by atoms with E-state index in [4.69, 9.17) is 9.47 Å². The molecule has 2 N–H and O–H groups in total. The van der Waals surface area contributed by atoms with Crippen LogP contribution in [0.5, 0.6) is 11.5 Å². The molecule has 1 aromatic rings. The fraction of sp³-hybridized carbons (Fsp3) is 0.632. The highest BCUT2D eigenvalue weighted by Gasteiger charge is 2.07. The molecule has 0 saturated carbocycles. The molecule has 0 aliphatic carbocycles. The monoisotopic (exact) mass is 478 g/mol. The van der Waals surface area contributed by atoms with Gasteiger partial charge in [-0.1, -0.05) is 13.0 Å².